The number of nitrogens with zero attached hydrogens (tertiary/aromatic N) is 4. The summed E-state index contributed by atoms with van der Waals surface area (Å²) >= 11 is 13.5. The maximum absolute atomic E-state index is 6.12. The monoisotopic (exact) mass is 328 g/mol. The standard InChI is InChI=1S/C13H14Cl2N4S/c1-8(2)12-17-18-13(20-3)19(12)16-7-9-4-5-10(14)6-11(9)15/h4-8H,1-3H3/b16-7-. The van der Waals surface area contributed by atoms with Crippen LogP contribution < -0.4 is 0 Å². The van der Waals surface area contributed by atoms with Crippen molar-refractivity contribution >= 4 is 41.2 Å². The van der Waals surface area contributed by atoms with Crippen molar-refractivity contribution in [1.82, 2.24) is 14.9 Å². The van der Waals surface area contributed by atoms with Crippen molar-refractivity contribution in [3.8, 4) is 0 Å². The summed E-state index contributed by atoms with van der Waals surface area (Å²) in [5.74, 6) is 1.05. The highest BCUT2D eigenvalue weighted by atomic mass is 35.5. The van der Waals surface area contributed by atoms with Gasteiger partial charge in [-0.1, -0.05) is 54.9 Å². The fourth-order valence-corrected chi connectivity index (χ4v) is 2.49. The molecule has 7 heteroatoms. The third kappa shape index (κ3) is 3.34. The van der Waals surface area contributed by atoms with Crippen molar-refractivity contribution in [3.63, 3.8) is 0 Å². The van der Waals surface area contributed by atoms with E-state index in [1.165, 1.54) is 11.8 Å². The van der Waals surface area contributed by atoms with E-state index >= 15 is 0 Å². The lowest BCUT2D eigenvalue weighted by Gasteiger charge is -2.05. The lowest BCUT2D eigenvalue weighted by molar-refractivity contribution is 0.668. The molecule has 1 aromatic heterocycles. The van der Waals surface area contributed by atoms with Gasteiger partial charge >= 0.3 is 0 Å². The molecule has 0 aliphatic heterocycles. The predicted octanol–water partition coefficient (Wildman–Crippen LogP) is 4.31. The van der Waals surface area contributed by atoms with E-state index in [9.17, 15) is 0 Å². The van der Waals surface area contributed by atoms with Gasteiger partial charge in [-0.3, -0.25) is 0 Å². The zero-order chi connectivity index (χ0) is 14.7. The average Bonchev–Trinajstić information content (AvgIpc) is 2.80. The van der Waals surface area contributed by atoms with E-state index in [0.717, 1.165) is 16.5 Å². The summed E-state index contributed by atoms with van der Waals surface area (Å²) in [6.07, 6.45) is 3.63. The third-order valence-electron chi connectivity index (χ3n) is 2.61. The average molecular weight is 329 g/mol. The molecule has 0 fully saturated rings. The molecule has 0 aliphatic rings. The van der Waals surface area contributed by atoms with Crippen LogP contribution in [0.4, 0.5) is 0 Å². The van der Waals surface area contributed by atoms with E-state index < -0.39 is 0 Å². The van der Waals surface area contributed by atoms with Crippen LogP contribution in [-0.4, -0.2) is 27.3 Å². The van der Waals surface area contributed by atoms with E-state index in [1.54, 1.807) is 23.0 Å². The Kier molecular flexibility index (Phi) is 5.07. The molecule has 0 radical (unpaired) electrons. The maximum Gasteiger partial charge on any atom is 0.211 e. The van der Waals surface area contributed by atoms with Crippen molar-refractivity contribution in [3.05, 3.63) is 39.6 Å². The quantitative estimate of drug-likeness (QED) is 0.620. The zero-order valence-corrected chi connectivity index (χ0v) is 13.7. The molecule has 0 bridgehead atoms. The van der Waals surface area contributed by atoms with Gasteiger partial charge in [-0.2, -0.15) is 9.78 Å². The van der Waals surface area contributed by atoms with Gasteiger partial charge in [0.2, 0.25) is 5.16 Å². The van der Waals surface area contributed by atoms with Gasteiger partial charge in [0.25, 0.3) is 0 Å². The molecule has 2 rings (SSSR count). The van der Waals surface area contributed by atoms with E-state index in [2.05, 4.69) is 29.1 Å². The molecule has 0 saturated heterocycles. The molecule has 20 heavy (non-hydrogen) atoms. The predicted molar refractivity (Wildman–Crippen MR) is 85.3 cm³/mol. The highest BCUT2D eigenvalue weighted by molar-refractivity contribution is 7.98. The minimum absolute atomic E-state index is 0.237. The van der Waals surface area contributed by atoms with Gasteiger partial charge in [0.1, 0.15) is 0 Å². The molecule has 2 aromatic rings. The second-order valence-corrected chi connectivity index (χ2v) is 6.04. The number of rotatable bonds is 4. The zero-order valence-electron chi connectivity index (χ0n) is 11.3. The Bertz CT molecular complexity index is 637. The molecule has 0 saturated carbocycles. The summed E-state index contributed by atoms with van der Waals surface area (Å²) in [7, 11) is 0. The van der Waals surface area contributed by atoms with E-state index in [4.69, 9.17) is 23.2 Å². The molecule has 0 amide bonds. The molecule has 0 spiro atoms. The Morgan fingerprint density at radius 2 is 2.05 bits per heavy atom. The van der Waals surface area contributed by atoms with E-state index in [1.807, 2.05) is 12.3 Å². The van der Waals surface area contributed by atoms with Gasteiger partial charge in [0.15, 0.2) is 5.82 Å². The van der Waals surface area contributed by atoms with Gasteiger partial charge in [-0.05, 0) is 18.4 Å². The Morgan fingerprint density at radius 1 is 1.30 bits per heavy atom. The number of benzene rings is 1. The number of hydrogen-bond acceptors (Lipinski definition) is 4. The smallest absolute Gasteiger partial charge is 0.191 e. The van der Waals surface area contributed by atoms with Crippen LogP contribution in [0.25, 0.3) is 0 Å². The Labute approximate surface area is 132 Å². The minimum Gasteiger partial charge on any atom is -0.191 e. The molecule has 106 valence electrons. The second-order valence-electron chi connectivity index (χ2n) is 4.42. The van der Waals surface area contributed by atoms with Gasteiger partial charge in [0.05, 0.1) is 11.2 Å². The first-order chi connectivity index (χ1) is 9.52. The number of hydrogen-bond donors (Lipinski definition) is 0. The van der Waals surface area contributed by atoms with E-state index in [-0.39, 0.29) is 5.92 Å². The minimum atomic E-state index is 0.237. The van der Waals surface area contributed by atoms with E-state index in [0.29, 0.717) is 10.0 Å². The first kappa shape index (κ1) is 15.4. The van der Waals surface area contributed by atoms with Gasteiger partial charge in [0, 0.05) is 16.5 Å². The normalized spacial score (nSPS) is 11.7. The van der Waals surface area contributed by atoms with Crippen molar-refractivity contribution in [1.29, 1.82) is 0 Å². The summed E-state index contributed by atoms with van der Waals surface area (Å²) in [6.45, 7) is 4.10. The molecule has 0 aliphatic carbocycles. The Morgan fingerprint density at radius 3 is 2.65 bits per heavy atom. The van der Waals surface area contributed by atoms with Crippen LogP contribution in [0.1, 0.15) is 31.2 Å². The maximum atomic E-state index is 6.12. The highest BCUT2D eigenvalue weighted by Crippen LogP contribution is 2.21. The van der Waals surface area contributed by atoms with Crippen LogP contribution in [0, 0.1) is 0 Å². The summed E-state index contributed by atoms with van der Waals surface area (Å²) in [4.78, 5) is 0. The van der Waals surface area contributed by atoms with Crippen molar-refractivity contribution in [2.45, 2.75) is 24.9 Å². The van der Waals surface area contributed by atoms with Gasteiger partial charge < -0.3 is 0 Å². The first-order valence-corrected chi connectivity index (χ1v) is 7.99. The van der Waals surface area contributed by atoms with Crippen LogP contribution in [0.5, 0.6) is 0 Å². The largest absolute Gasteiger partial charge is 0.211 e. The molecule has 0 N–H and O–H groups in total. The van der Waals surface area contributed by atoms with Gasteiger partial charge in [-0.25, -0.2) is 0 Å². The van der Waals surface area contributed by atoms with Crippen molar-refractivity contribution in [2.24, 2.45) is 5.10 Å². The Balaban J connectivity index is 2.37. The summed E-state index contributed by atoms with van der Waals surface area (Å²) < 4.78 is 1.74. The summed E-state index contributed by atoms with van der Waals surface area (Å²) in [6, 6.07) is 5.29. The van der Waals surface area contributed by atoms with Crippen LogP contribution in [0.15, 0.2) is 28.5 Å². The third-order valence-corrected chi connectivity index (χ3v) is 3.79. The molecule has 0 unspecified atom stereocenters. The SMILES string of the molecule is CSc1nnc(C(C)C)n1/N=C\c1ccc(Cl)cc1Cl. The summed E-state index contributed by atoms with van der Waals surface area (Å²) in [5.41, 5.74) is 0.798. The van der Waals surface area contributed by atoms with Crippen LogP contribution in [-0.2, 0) is 0 Å². The van der Waals surface area contributed by atoms with Crippen LogP contribution >= 0.6 is 35.0 Å². The number of aromatic nitrogens is 3. The van der Waals surface area contributed by atoms with Crippen molar-refractivity contribution in [2.75, 3.05) is 6.26 Å². The first-order valence-electron chi connectivity index (χ1n) is 6.01. The molecule has 1 heterocycles. The topological polar surface area (TPSA) is 43.1 Å². The lowest BCUT2D eigenvalue weighted by atomic mass is 10.2. The van der Waals surface area contributed by atoms with Gasteiger partial charge in [-0.15, -0.1) is 10.2 Å². The Hall–Kier alpha value is -1.04. The van der Waals surface area contributed by atoms with Crippen LogP contribution in [0.2, 0.25) is 10.0 Å². The molecular weight excluding hydrogens is 315 g/mol. The molecule has 4 nitrogen and oxygen atoms in total. The fourth-order valence-electron chi connectivity index (χ4n) is 1.60. The number of halogens is 2. The van der Waals surface area contributed by atoms with Crippen molar-refractivity contribution < 1.29 is 0 Å². The lowest BCUT2D eigenvalue weighted by Crippen LogP contribution is -2.02. The fraction of sp³-hybridized carbons (Fsp3) is 0.308. The second kappa shape index (κ2) is 6.61. The van der Waals surface area contributed by atoms with Crippen LogP contribution in [0.3, 0.4) is 0 Å². The molecular formula is C13H14Cl2N4S. The summed E-state index contributed by atoms with van der Waals surface area (Å²) in [5, 5.41) is 14.6. The highest BCUT2D eigenvalue weighted by Gasteiger charge is 2.13. The number of thioether (sulfide) groups is 1. The molecule has 1 aromatic carbocycles. The molecule has 0 atom stereocenters.